The van der Waals surface area contributed by atoms with Crippen LogP contribution in [-0.2, 0) is 0 Å². The third kappa shape index (κ3) is 1.57. The fourth-order valence-corrected chi connectivity index (χ4v) is 2.59. The molecule has 1 aromatic carbocycles. The molecule has 1 aromatic rings. The van der Waals surface area contributed by atoms with Crippen LogP contribution in [0.5, 0.6) is 0 Å². The molecular weight excluding hydrogens is 172 g/mol. The summed E-state index contributed by atoms with van der Waals surface area (Å²) >= 11 is 0. The Bertz CT molecular complexity index is 319. The minimum atomic E-state index is -0.0976. The van der Waals surface area contributed by atoms with E-state index in [0.29, 0.717) is 11.8 Å². The Morgan fingerprint density at radius 1 is 1.21 bits per heavy atom. The first kappa shape index (κ1) is 9.72. The van der Waals surface area contributed by atoms with Crippen LogP contribution < -0.4 is 0 Å². The van der Waals surface area contributed by atoms with Crippen LogP contribution >= 0.6 is 0 Å². The molecule has 1 aliphatic carbocycles. The van der Waals surface area contributed by atoms with E-state index in [-0.39, 0.29) is 6.10 Å². The molecule has 0 heterocycles. The van der Waals surface area contributed by atoms with Crippen molar-refractivity contribution in [1.29, 1.82) is 0 Å². The van der Waals surface area contributed by atoms with Crippen molar-refractivity contribution in [1.82, 2.24) is 0 Å². The predicted octanol–water partition coefficient (Wildman–Crippen LogP) is 2.87. The third-order valence-electron chi connectivity index (χ3n) is 3.60. The molecule has 0 aromatic heterocycles. The smallest absolute Gasteiger partial charge is 0.0571 e. The average molecular weight is 190 g/mol. The van der Waals surface area contributed by atoms with E-state index in [1.54, 1.807) is 0 Å². The average Bonchev–Trinajstić information content (AvgIpc) is 2.49. The zero-order valence-electron chi connectivity index (χ0n) is 8.90. The summed E-state index contributed by atoms with van der Waals surface area (Å²) in [6, 6.07) is 8.54. The van der Waals surface area contributed by atoms with Gasteiger partial charge in [0.1, 0.15) is 0 Å². The van der Waals surface area contributed by atoms with E-state index in [2.05, 4.69) is 38.1 Å². The van der Waals surface area contributed by atoms with Crippen molar-refractivity contribution in [3.05, 3.63) is 35.4 Å². The van der Waals surface area contributed by atoms with Crippen molar-refractivity contribution >= 4 is 0 Å². The highest BCUT2D eigenvalue weighted by Crippen LogP contribution is 2.40. The second-order valence-electron chi connectivity index (χ2n) is 4.47. The van der Waals surface area contributed by atoms with Gasteiger partial charge in [0, 0.05) is 0 Å². The Kier molecular flexibility index (Phi) is 2.60. The van der Waals surface area contributed by atoms with Gasteiger partial charge >= 0.3 is 0 Å². The Morgan fingerprint density at radius 2 is 1.93 bits per heavy atom. The van der Waals surface area contributed by atoms with Crippen molar-refractivity contribution in [2.75, 3.05) is 0 Å². The molecule has 0 saturated heterocycles. The summed E-state index contributed by atoms with van der Waals surface area (Å²) in [5, 5.41) is 9.72. The van der Waals surface area contributed by atoms with E-state index in [9.17, 15) is 5.11 Å². The molecule has 0 bridgehead atoms. The molecule has 0 aliphatic heterocycles. The maximum Gasteiger partial charge on any atom is 0.0571 e. The number of hydrogen-bond acceptors (Lipinski definition) is 1. The minimum Gasteiger partial charge on any atom is -0.393 e. The molecule has 3 atom stereocenters. The molecule has 1 saturated carbocycles. The van der Waals surface area contributed by atoms with Gasteiger partial charge in [0.25, 0.3) is 0 Å². The summed E-state index contributed by atoms with van der Waals surface area (Å²) in [6.45, 7) is 4.32. The molecular formula is C13H18O. The molecule has 0 amide bonds. The Hall–Kier alpha value is -0.820. The third-order valence-corrected chi connectivity index (χ3v) is 3.60. The Labute approximate surface area is 85.8 Å². The fourth-order valence-electron chi connectivity index (χ4n) is 2.59. The monoisotopic (exact) mass is 190 g/mol. The van der Waals surface area contributed by atoms with Crippen molar-refractivity contribution in [3.63, 3.8) is 0 Å². The van der Waals surface area contributed by atoms with Gasteiger partial charge in [-0.25, -0.2) is 0 Å². The highest BCUT2D eigenvalue weighted by atomic mass is 16.3. The van der Waals surface area contributed by atoms with Crippen LogP contribution in [-0.4, -0.2) is 11.2 Å². The molecule has 0 radical (unpaired) electrons. The molecule has 1 N–H and O–H groups in total. The van der Waals surface area contributed by atoms with Crippen LogP contribution in [0.2, 0.25) is 0 Å². The van der Waals surface area contributed by atoms with Gasteiger partial charge in [-0.05, 0) is 42.7 Å². The maximum atomic E-state index is 9.72. The first-order valence-corrected chi connectivity index (χ1v) is 5.43. The molecule has 2 rings (SSSR count). The molecule has 0 spiro atoms. The van der Waals surface area contributed by atoms with Crippen molar-refractivity contribution < 1.29 is 5.11 Å². The number of rotatable bonds is 1. The summed E-state index contributed by atoms with van der Waals surface area (Å²) in [6.07, 6.45) is 1.99. The molecule has 3 unspecified atom stereocenters. The van der Waals surface area contributed by atoms with E-state index in [1.165, 1.54) is 11.1 Å². The van der Waals surface area contributed by atoms with Gasteiger partial charge in [-0.3, -0.25) is 0 Å². The molecule has 1 fully saturated rings. The van der Waals surface area contributed by atoms with Gasteiger partial charge in [-0.1, -0.05) is 31.2 Å². The second kappa shape index (κ2) is 3.74. The van der Waals surface area contributed by atoms with E-state index in [1.807, 2.05) is 0 Å². The van der Waals surface area contributed by atoms with Crippen molar-refractivity contribution in [2.45, 2.75) is 38.7 Å². The summed E-state index contributed by atoms with van der Waals surface area (Å²) in [5.74, 6) is 0.974. The summed E-state index contributed by atoms with van der Waals surface area (Å²) in [4.78, 5) is 0. The first-order valence-electron chi connectivity index (χ1n) is 5.43. The van der Waals surface area contributed by atoms with Crippen LogP contribution in [0.15, 0.2) is 24.3 Å². The SMILES string of the molecule is Cc1ccccc1C1CCC(O)C1C. The lowest BCUT2D eigenvalue weighted by Crippen LogP contribution is -2.14. The van der Waals surface area contributed by atoms with Gasteiger partial charge in [-0.2, -0.15) is 0 Å². The fraction of sp³-hybridized carbons (Fsp3) is 0.538. The number of hydrogen-bond donors (Lipinski definition) is 1. The molecule has 1 heteroatoms. The number of aliphatic hydroxyl groups excluding tert-OH is 1. The lowest BCUT2D eigenvalue weighted by molar-refractivity contribution is 0.136. The van der Waals surface area contributed by atoms with Crippen LogP contribution in [0, 0.1) is 12.8 Å². The largest absolute Gasteiger partial charge is 0.393 e. The minimum absolute atomic E-state index is 0.0976. The molecule has 76 valence electrons. The van der Waals surface area contributed by atoms with E-state index in [4.69, 9.17) is 0 Å². The van der Waals surface area contributed by atoms with Gasteiger partial charge in [0.2, 0.25) is 0 Å². The van der Waals surface area contributed by atoms with E-state index < -0.39 is 0 Å². The molecule has 1 nitrogen and oxygen atoms in total. The number of aryl methyl sites for hydroxylation is 1. The van der Waals surface area contributed by atoms with Gasteiger partial charge in [0.05, 0.1) is 6.10 Å². The Morgan fingerprint density at radius 3 is 2.50 bits per heavy atom. The standard InChI is InChI=1S/C13H18O/c1-9-5-3-4-6-11(9)12-7-8-13(14)10(12)2/h3-6,10,12-14H,7-8H2,1-2H3. The van der Waals surface area contributed by atoms with Crippen LogP contribution in [0.3, 0.4) is 0 Å². The quantitative estimate of drug-likeness (QED) is 0.722. The zero-order valence-corrected chi connectivity index (χ0v) is 8.90. The number of aliphatic hydroxyl groups is 1. The van der Waals surface area contributed by atoms with Crippen molar-refractivity contribution in [3.8, 4) is 0 Å². The van der Waals surface area contributed by atoms with Gasteiger partial charge in [-0.15, -0.1) is 0 Å². The lowest BCUT2D eigenvalue weighted by Gasteiger charge is -2.19. The predicted molar refractivity (Wildman–Crippen MR) is 58.3 cm³/mol. The summed E-state index contributed by atoms with van der Waals surface area (Å²) in [5.41, 5.74) is 2.79. The summed E-state index contributed by atoms with van der Waals surface area (Å²) < 4.78 is 0. The van der Waals surface area contributed by atoms with Crippen LogP contribution in [0.1, 0.15) is 36.8 Å². The van der Waals surface area contributed by atoms with E-state index in [0.717, 1.165) is 12.8 Å². The normalized spacial score (nSPS) is 32.1. The van der Waals surface area contributed by atoms with Crippen LogP contribution in [0.25, 0.3) is 0 Å². The molecule has 14 heavy (non-hydrogen) atoms. The highest BCUT2D eigenvalue weighted by Gasteiger charge is 2.32. The van der Waals surface area contributed by atoms with Crippen molar-refractivity contribution in [2.24, 2.45) is 5.92 Å². The molecule has 1 aliphatic rings. The second-order valence-corrected chi connectivity index (χ2v) is 4.47. The first-order chi connectivity index (χ1) is 6.70. The van der Waals surface area contributed by atoms with Gasteiger partial charge < -0.3 is 5.11 Å². The summed E-state index contributed by atoms with van der Waals surface area (Å²) in [7, 11) is 0. The van der Waals surface area contributed by atoms with Crippen LogP contribution in [0.4, 0.5) is 0 Å². The highest BCUT2D eigenvalue weighted by molar-refractivity contribution is 5.30. The Balaban J connectivity index is 2.28. The lowest BCUT2D eigenvalue weighted by atomic mass is 9.87. The number of benzene rings is 1. The van der Waals surface area contributed by atoms with E-state index >= 15 is 0 Å². The maximum absolute atomic E-state index is 9.72. The zero-order chi connectivity index (χ0) is 10.1. The van der Waals surface area contributed by atoms with Gasteiger partial charge in [0.15, 0.2) is 0 Å². The topological polar surface area (TPSA) is 20.2 Å².